The van der Waals surface area contributed by atoms with Crippen LogP contribution in [0.25, 0.3) is 0 Å². The minimum absolute atomic E-state index is 0.139. The van der Waals surface area contributed by atoms with Crippen molar-refractivity contribution in [2.75, 3.05) is 20.3 Å². The Morgan fingerprint density at radius 3 is 2.84 bits per heavy atom. The molecule has 6 nitrogen and oxygen atoms in total. The third-order valence-corrected chi connectivity index (χ3v) is 2.82. The van der Waals surface area contributed by atoms with Gasteiger partial charge in [0.15, 0.2) is 0 Å². The Balaban J connectivity index is 2.32. The topological polar surface area (TPSA) is 65.4 Å². The van der Waals surface area contributed by atoms with Crippen molar-refractivity contribution in [1.29, 1.82) is 0 Å². The van der Waals surface area contributed by atoms with Gasteiger partial charge in [-0.15, -0.1) is 0 Å². The lowest BCUT2D eigenvalue weighted by Crippen LogP contribution is -2.17. The fourth-order valence-electron chi connectivity index (χ4n) is 1.94. The molecule has 0 unspecified atom stereocenters. The van der Waals surface area contributed by atoms with Gasteiger partial charge in [0, 0.05) is 20.0 Å². The van der Waals surface area contributed by atoms with Crippen molar-refractivity contribution in [3.8, 4) is 5.88 Å². The van der Waals surface area contributed by atoms with Gasteiger partial charge in [0.1, 0.15) is 0 Å². The zero-order valence-corrected chi connectivity index (χ0v) is 12.2. The monoisotopic (exact) mass is 269 g/mol. The molecule has 19 heavy (non-hydrogen) atoms. The number of hydrogen-bond donors (Lipinski definition) is 1. The molecular weight excluding hydrogens is 246 g/mol. The van der Waals surface area contributed by atoms with Gasteiger partial charge >= 0.3 is 5.97 Å². The van der Waals surface area contributed by atoms with Gasteiger partial charge in [-0.3, -0.25) is 4.79 Å². The van der Waals surface area contributed by atoms with E-state index in [0.717, 1.165) is 30.1 Å². The van der Waals surface area contributed by atoms with Crippen LogP contribution < -0.4 is 10.1 Å². The van der Waals surface area contributed by atoms with Crippen LogP contribution in [0.3, 0.4) is 0 Å². The van der Waals surface area contributed by atoms with E-state index in [2.05, 4.69) is 10.4 Å². The summed E-state index contributed by atoms with van der Waals surface area (Å²) in [4.78, 5) is 11.2. The standard InChI is InChI=1S/C13H23N3O3/c1-5-19-12(17)7-6-8-14-9-11-10(2)15-16(3)13(11)18-4/h14H,5-9H2,1-4H3. The quantitative estimate of drug-likeness (QED) is 0.567. The van der Waals surface area contributed by atoms with Gasteiger partial charge < -0.3 is 14.8 Å². The molecule has 0 aliphatic carbocycles. The highest BCUT2D eigenvalue weighted by molar-refractivity contribution is 5.69. The average Bonchev–Trinajstić information content (AvgIpc) is 2.63. The maximum absolute atomic E-state index is 11.2. The number of methoxy groups -OCH3 is 1. The number of carbonyl (C=O) groups excluding carboxylic acids is 1. The predicted octanol–water partition coefficient (Wildman–Crippen LogP) is 1.17. The van der Waals surface area contributed by atoms with E-state index in [4.69, 9.17) is 9.47 Å². The molecule has 1 heterocycles. The van der Waals surface area contributed by atoms with E-state index in [-0.39, 0.29) is 5.97 Å². The van der Waals surface area contributed by atoms with Crippen molar-refractivity contribution in [1.82, 2.24) is 15.1 Å². The van der Waals surface area contributed by atoms with Gasteiger partial charge in [-0.1, -0.05) is 0 Å². The molecule has 0 spiro atoms. The van der Waals surface area contributed by atoms with Crippen LogP contribution in [0.15, 0.2) is 0 Å². The molecule has 0 aliphatic heterocycles. The molecule has 6 heteroatoms. The van der Waals surface area contributed by atoms with Crippen molar-refractivity contribution in [2.24, 2.45) is 7.05 Å². The van der Waals surface area contributed by atoms with Crippen molar-refractivity contribution < 1.29 is 14.3 Å². The average molecular weight is 269 g/mol. The Kier molecular flexibility index (Phi) is 6.35. The first kappa shape index (κ1) is 15.5. The van der Waals surface area contributed by atoms with Crippen molar-refractivity contribution in [3.63, 3.8) is 0 Å². The van der Waals surface area contributed by atoms with Crippen molar-refractivity contribution in [3.05, 3.63) is 11.3 Å². The SMILES string of the molecule is CCOC(=O)CCCNCc1c(C)nn(C)c1OC. The van der Waals surface area contributed by atoms with E-state index in [1.807, 2.05) is 20.9 Å². The molecule has 0 saturated heterocycles. The van der Waals surface area contributed by atoms with Gasteiger partial charge in [0.25, 0.3) is 0 Å². The summed E-state index contributed by atoms with van der Waals surface area (Å²) in [6, 6.07) is 0. The van der Waals surface area contributed by atoms with E-state index < -0.39 is 0 Å². The van der Waals surface area contributed by atoms with Crippen LogP contribution in [-0.2, 0) is 23.1 Å². The summed E-state index contributed by atoms with van der Waals surface area (Å²) in [5, 5.41) is 7.60. The number of esters is 1. The normalized spacial score (nSPS) is 10.5. The Morgan fingerprint density at radius 2 is 2.21 bits per heavy atom. The first-order valence-electron chi connectivity index (χ1n) is 6.53. The van der Waals surface area contributed by atoms with Crippen LogP contribution in [0.5, 0.6) is 5.88 Å². The highest BCUT2D eigenvalue weighted by atomic mass is 16.5. The second kappa shape index (κ2) is 7.78. The summed E-state index contributed by atoms with van der Waals surface area (Å²) in [5.41, 5.74) is 2.01. The van der Waals surface area contributed by atoms with Crippen LogP contribution in [0, 0.1) is 6.92 Å². The number of carbonyl (C=O) groups is 1. The highest BCUT2D eigenvalue weighted by Crippen LogP contribution is 2.20. The number of nitrogens with one attached hydrogen (secondary N) is 1. The maximum Gasteiger partial charge on any atom is 0.305 e. The number of nitrogens with zero attached hydrogens (tertiary/aromatic N) is 2. The Bertz CT molecular complexity index is 416. The van der Waals surface area contributed by atoms with Gasteiger partial charge in [-0.2, -0.15) is 5.10 Å². The molecule has 0 saturated carbocycles. The molecule has 0 aromatic carbocycles. The largest absolute Gasteiger partial charge is 0.481 e. The van der Waals surface area contributed by atoms with Gasteiger partial charge in [0.2, 0.25) is 5.88 Å². The Morgan fingerprint density at radius 1 is 1.47 bits per heavy atom. The molecule has 1 aromatic rings. The summed E-state index contributed by atoms with van der Waals surface area (Å²) >= 11 is 0. The number of aromatic nitrogens is 2. The smallest absolute Gasteiger partial charge is 0.305 e. The minimum atomic E-state index is -0.139. The van der Waals surface area contributed by atoms with Crippen LogP contribution in [0.4, 0.5) is 0 Å². The molecule has 1 rings (SSSR count). The zero-order chi connectivity index (χ0) is 14.3. The zero-order valence-electron chi connectivity index (χ0n) is 12.2. The molecule has 0 aliphatic rings. The molecule has 0 radical (unpaired) electrons. The number of ether oxygens (including phenoxy) is 2. The molecule has 0 fully saturated rings. The van der Waals surface area contributed by atoms with Crippen molar-refractivity contribution in [2.45, 2.75) is 33.2 Å². The van der Waals surface area contributed by atoms with Crippen LogP contribution in [0.1, 0.15) is 31.0 Å². The third-order valence-electron chi connectivity index (χ3n) is 2.82. The minimum Gasteiger partial charge on any atom is -0.481 e. The van der Waals surface area contributed by atoms with Crippen molar-refractivity contribution >= 4 is 5.97 Å². The van der Waals surface area contributed by atoms with Gasteiger partial charge in [-0.25, -0.2) is 4.68 Å². The fraction of sp³-hybridized carbons (Fsp3) is 0.692. The Hall–Kier alpha value is -1.56. The lowest BCUT2D eigenvalue weighted by molar-refractivity contribution is -0.143. The number of hydrogen-bond acceptors (Lipinski definition) is 5. The molecule has 1 N–H and O–H groups in total. The number of rotatable bonds is 8. The summed E-state index contributed by atoms with van der Waals surface area (Å²) in [6.45, 7) is 5.66. The molecule has 1 aromatic heterocycles. The van der Waals surface area contributed by atoms with Crippen LogP contribution >= 0.6 is 0 Å². The predicted molar refractivity (Wildman–Crippen MR) is 72.1 cm³/mol. The summed E-state index contributed by atoms with van der Waals surface area (Å²) in [6.07, 6.45) is 1.21. The molecule has 108 valence electrons. The summed E-state index contributed by atoms with van der Waals surface area (Å²) < 4.78 is 11.9. The van der Waals surface area contributed by atoms with E-state index >= 15 is 0 Å². The van der Waals surface area contributed by atoms with E-state index in [1.54, 1.807) is 11.8 Å². The lowest BCUT2D eigenvalue weighted by Gasteiger charge is -2.07. The highest BCUT2D eigenvalue weighted by Gasteiger charge is 2.12. The Labute approximate surface area is 114 Å². The van der Waals surface area contributed by atoms with Gasteiger partial charge in [0.05, 0.1) is 25.0 Å². The first-order chi connectivity index (χ1) is 9.10. The lowest BCUT2D eigenvalue weighted by atomic mass is 10.2. The molecule has 0 atom stereocenters. The maximum atomic E-state index is 11.2. The van der Waals surface area contributed by atoms with Gasteiger partial charge in [-0.05, 0) is 26.8 Å². The van der Waals surface area contributed by atoms with Crippen LogP contribution in [0.2, 0.25) is 0 Å². The van der Waals surface area contributed by atoms with E-state index in [9.17, 15) is 4.79 Å². The molecule has 0 bridgehead atoms. The third kappa shape index (κ3) is 4.55. The second-order valence-electron chi connectivity index (χ2n) is 4.28. The summed E-state index contributed by atoms with van der Waals surface area (Å²) in [5.74, 6) is 0.634. The van der Waals surface area contributed by atoms with E-state index in [1.165, 1.54) is 0 Å². The molecule has 0 amide bonds. The van der Waals surface area contributed by atoms with Crippen LogP contribution in [-0.4, -0.2) is 36.0 Å². The summed E-state index contributed by atoms with van der Waals surface area (Å²) in [7, 11) is 3.50. The second-order valence-corrected chi connectivity index (χ2v) is 4.28. The first-order valence-corrected chi connectivity index (χ1v) is 6.53. The molecular formula is C13H23N3O3. The van der Waals surface area contributed by atoms with E-state index in [0.29, 0.717) is 19.6 Å². The number of aryl methyl sites for hydroxylation is 2. The fourth-order valence-corrected chi connectivity index (χ4v) is 1.94.